The monoisotopic (exact) mass is 251 g/mol. The molecule has 0 aliphatic rings. The van der Waals surface area contributed by atoms with Crippen molar-refractivity contribution in [2.75, 3.05) is 6.61 Å². The Bertz CT molecular complexity index is 402. The molecule has 2 atom stereocenters. The van der Waals surface area contributed by atoms with Gasteiger partial charge in [0.15, 0.2) is 6.10 Å². The van der Waals surface area contributed by atoms with Crippen LogP contribution >= 0.6 is 0 Å². The van der Waals surface area contributed by atoms with Gasteiger partial charge in [0.25, 0.3) is 0 Å². The van der Waals surface area contributed by atoms with Crippen LogP contribution in [0.2, 0.25) is 0 Å². The van der Waals surface area contributed by atoms with Gasteiger partial charge in [0.05, 0.1) is 6.61 Å². The fraction of sp³-hybridized carbons (Fsp3) is 0.462. The van der Waals surface area contributed by atoms with Crippen molar-refractivity contribution in [1.29, 1.82) is 0 Å². The molecule has 18 heavy (non-hydrogen) atoms. The molecule has 0 saturated heterocycles. The molecule has 0 bridgehead atoms. The predicted molar refractivity (Wildman–Crippen MR) is 67.4 cm³/mol. The number of hydrogen-bond acceptors (Lipinski definition) is 5. The maximum absolute atomic E-state index is 11.4. The van der Waals surface area contributed by atoms with Crippen LogP contribution in [0, 0.1) is 4.91 Å². The van der Waals surface area contributed by atoms with E-state index in [0.717, 1.165) is 5.56 Å². The van der Waals surface area contributed by atoms with Crippen LogP contribution in [0.5, 0.6) is 5.75 Å². The highest BCUT2D eigenvalue weighted by atomic mass is 16.6. The summed E-state index contributed by atoms with van der Waals surface area (Å²) in [6.07, 6.45) is -0.655. The number of hydrogen-bond donors (Lipinski definition) is 0. The number of ether oxygens (including phenoxy) is 2. The average molecular weight is 251 g/mol. The van der Waals surface area contributed by atoms with Crippen molar-refractivity contribution in [2.45, 2.75) is 32.9 Å². The molecular weight excluding hydrogens is 234 g/mol. The van der Waals surface area contributed by atoms with E-state index in [-0.39, 0.29) is 6.04 Å². The molecule has 1 aromatic rings. The molecule has 0 N–H and O–H groups in total. The number of benzene rings is 1. The van der Waals surface area contributed by atoms with Crippen LogP contribution in [0.4, 0.5) is 0 Å². The first-order chi connectivity index (χ1) is 8.58. The third-order valence-electron chi connectivity index (χ3n) is 2.45. The SMILES string of the molecule is CCOC(=O)C(C)Oc1ccc(C(C)N=O)cc1. The minimum atomic E-state index is -0.655. The molecular formula is C13H17NO4. The first-order valence-corrected chi connectivity index (χ1v) is 5.84. The van der Waals surface area contributed by atoms with Crippen molar-refractivity contribution in [3.05, 3.63) is 34.7 Å². The Hall–Kier alpha value is -1.91. The van der Waals surface area contributed by atoms with Gasteiger partial charge in [-0.25, -0.2) is 4.79 Å². The number of esters is 1. The summed E-state index contributed by atoms with van der Waals surface area (Å²) in [7, 11) is 0. The molecule has 0 radical (unpaired) electrons. The Balaban J connectivity index is 2.63. The summed E-state index contributed by atoms with van der Waals surface area (Å²) in [4.78, 5) is 21.8. The molecule has 0 heterocycles. The topological polar surface area (TPSA) is 65.0 Å². The van der Waals surface area contributed by atoms with E-state index in [9.17, 15) is 9.70 Å². The Kier molecular flexibility index (Phi) is 5.30. The molecule has 0 aromatic heterocycles. The van der Waals surface area contributed by atoms with Crippen LogP contribution in [-0.4, -0.2) is 18.7 Å². The fourth-order valence-electron chi connectivity index (χ4n) is 1.40. The Morgan fingerprint density at radius 3 is 2.39 bits per heavy atom. The van der Waals surface area contributed by atoms with Crippen molar-refractivity contribution in [2.24, 2.45) is 5.18 Å². The lowest BCUT2D eigenvalue weighted by atomic mass is 10.1. The van der Waals surface area contributed by atoms with E-state index in [4.69, 9.17) is 9.47 Å². The summed E-state index contributed by atoms with van der Waals surface area (Å²) >= 11 is 0. The summed E-state index contributed by atoms with van der Waals surface area (Å²) in [5.74, 6) is 0.155. The van der Waals surface area contributed by atoms with Crippen LogP contribution in [0.1, 0.15) is 32.4 Å². The minimum Gasteiger partial charge on any atom is -0.479 e. The third kappa shape index (κ3) is 3.84. The Morgan fingerprint density at radius 2 is 1.89 bits per heavy atom. The number of carbonyl (C=O) groups is 1. The molecule has 5 heteroatoms. The van der Waals surface area contributed by atoms with Gasteiger partial charge in [0.1, 0.15) is 11.8 Å². The van der Waals surface area contributed by atoms with Crippen LogP contribution in [0.15, 0.2) is 29.4 Å². The first-order valence-electron chi connectivity index (χ1n) is 5.84. The average Bonchev–Trinajstić information content (AvgIpc) is 2.39. The van der Waals surface area contributed by atoms with E-state index in [0.29, 0.717) is 12.4 Å². The lowest BCUT2D eigenvalue weighted by molar-refractivity contribution is -0.150. The summed E-state index contributed by atoms with van der Waals surface area (Å²) in [5, 5.41) is 2.94. The Morgan fingerprint density at radius 1 is 1.28 bits per heavy atom. The lowest BCUT2D eigenvalue weighted by Crippen LogP contribution is -2.26. The molecule has 0 spiro atoms. The van der Waals surface area contributed by atoms with E-state index in [1.165, 1.54) is 0 Å². The zero-order chi connectivity index (χ0) is 13.5. The van der Waals surface area contributed by atoms with Gasteiger partial charge in [0.2, 0.25) is 0 Å². The number of carbonyl (C=O) groups excluding carboxylic acids is 1. The fourth-order valence-corrected chi connectivity index (χ4v) is 1.40. The maximum Gasteiger partial charge on any atom is 0.347 e. The normalized spacial score (nSPS) is 13.5. The molecule has 0 amide bonds. The Labute approximate surface area is 106 Å². The largest absolute Gasteiger partial charge is 0.479 e. The van der Waals surface area contributed by atoms with Crippen molar-refractivity contribution in [1.82, 2.24) is 0 Å². The van der Waals surface area contributed by atoms with Crippen molar-refractivity contribution >= 4 is 5.97 Å². The van der Waals surface area contributed by atoms with E-state index in [1.807, 2.05) is 0 Å². The highest BCUT2D eigenvalue weighted by Crippen LogP contribution is 2.20. The molecule has 0 fully saturated rings. The summed E-state index contributed by atoms with van der Waals surface area (Å²) in [6.45, 7) is 5.41. The third-order valence-corrected chi connectivity index (χ3v) is 2.45. The highest BCUT2D eigenvalue weighted by molar-refractivity contribution is 5.74. The summed E-state index contributed by atoms with van der Waals surface area (Å²) in [6, 6.07) is 6.51. The van der Waals surface area contributed by atoms with Crippen LogP contribution in [0.25, 0.3) is 0 Å². The zero-order valence-corrected chi connectivity index (χ0v) is 10.8. The molecule has 98 valence electrons. The van der Waals surface area contributed by atoms with E-state index in [2.05, 4.69) is 5.18 Å². The van der Waals surface area contributed by atoms with Crippen LogP contribution in [0.3, 0.4) is 0 Å². The van der Waals surface area contributed by atoms with E-state index < -0.39 is 12.1 Å². The van der Waals surface area contributed by atoms with Gasteiger partial charge in [-0.15, -0.1) is 0 Å². The second-order valence-electron chi connectivity index (χ2n) is 3.86. The van der Waals surface area contributed by atoms with Crippen molar-refractivity contribution in [3.63, 3.8) is 0 Å². The second-order valence-corrected chi connectivity index (χ2v) is 3.86. The van der Waals surface area contributed by atoms with Crippen molar-refractivity contribution in [3.8, 4) is 5.75 Å². The molecule has 2 unspecified atom stereocenters. The standard InChI is InChI=1S/C13H17NO4/c1-4-17-13(15)10(3)18-12-7-5-11(6-8-12)9(2)14-16/h5-10H,4H2,1-3H3. The molecule has 1 rings (SSSR count). The van der Waals surface area contributed by atoms with Gasteiger partial charge >= 0.3 is 5.97 Å². The smallest absolute Gasteiger partial charge is 0.347 e. The van der Waals surface area contributed by atoms with Gasteiger partial charge < -0.3 is 9.47 Å². The molecule has 0 aliphatic carbocycles. The minimum absolute atomic E-state index is 0.327. The molecule has 1 aromatic carbocycles. The number of nitroso groups, excluding NO2 is 1. The molecule has 0 saturated carbocycles. The highest BCUT2D eigenvalue weighted by Gasteiger charge is 2.15. The quantitative estimate of drug-likeness (QED) is 0.576. The number of rotatable bonds is 6. The van der Waals surface area contributed by atoms with Gasteiger partial charge in [-0.05, 0) is 38.5 Å². The van der Waals surface area contributed by atoms with E-state index in [1.54, 1.807) is 45.0 Å². The predicted octanol–water partition coefficient (Wildman–Crippen LogP) is 2.84. The second kappa shape index (κ2) is 6.74. The van der Waals surface area contributed by atoms with Gasteiger partial charge in [-0.2, -0.15) is 4.91 Å². The van der Waals surface area contributed by atoms with Gasteiger partial charge in [-0.3, -0.25) is 0 Å². The first kappa shape index (κ1) is 14.2. The maximum atomic E-state index is 11.4. The van der Waals surface area contributed by atoms with Crippen molar-refractivity contribution < 1.29 is 14.3 Å². The summed E-state index contributed by atoms with van der Waals surface area (Å²) in [5.41, 5.74) is 0.807. The zero-order valence-electron chi connectivity index (χ0n) is 10.8. The van der Waals surface area contributed by atoms with Gasteiger partial charge in [0, 0.05) is 0 Å². The molecule has 0 aliphatic heterocycles. The lowest BCUT2D eigenvalue weighted by Gasteiger charge is -2.13. The summed E-state index contributed by atoms with van der Waals surface area (Å²) < 4.78 is 10.2. The van der Waals surface area contributed by atoms with Gasteiger partial charge in [-0.1, -0.05) is 17.3 Å². The molecule has 5 nitrogen and oxygen atoms in total. The van der Waals surface area contributed by atoms with E-state index >= 15 is 0 Å². The number of nitrogens with zero attached hydrogens (tertiary/aromatic N) is 1. The van der Waals surface area contributed by atoms with Crippen LogP contribution in [-0.2, 0) is 9.53 Å². The van der Waals surface area contributed by atoms with Crippen LogP contribution < -0.4 is 4.74 Å².